The quantitative estimate of drug-likeness (QED) is 0.522. The lowest BCUT2D eigenvalue weighted by Crippen LogP contribution is -2.24. The van der Waals surface area contributed by atoms with Crippen LogP contribution in [0.2, 0.25) is 0 Å². The van der Waals surface area contributed by atoms with E-state index in [1.807, 2.05) is 36.4 Å². The van der Waals surface area contributed by atoms with Gasteiger partial charge in [-0.15, -0.1) is 0 Å². The highest BCUT2D eigenvalue weighted by Gasteiger charge is 1.84. The second-order valence-corrected chi connectivity index (χ2v) is 2.41. The summed E-state index contributed by atoms with van der Waals surface area (Å²) in [5.41, 5.74) is 0. The first-order valence-electron chi connectivity index (χ1n) is 3.71. The van der Waals surface area contributed by atoms with Crippen LogP contribution in [0.3, 0.4) is 0 Å². The van der Waals surface area contributed by atoms with Gasteiger partial charge in [-0.25, -0.2) is 9.98 Å². The van der Waals surface area contributed by atoms with Crippen molar-refractivity contribution in [3.63, 3.8) is 0 Å². The van der Waals surface area contributed by atoms with Crippen molar-refractivity contribution in [3.05, 3.63) is 47.1 Å². The second kappa shape index (κ2) is 3.13. The van der Waals surface area contributed by atoms with Crippen LogP contribution in [0.4, 0.5) is 0 Å². The highest BCUT2D eigenvalue weighted by molar-refractivity contribution is 5.57. The van der Waals surface area contributed by atoms with Gasteiger partial charge in [0, 0.05) is 11.4 Å². The van der Waals surface area contributed by atoms with Crippen molar-refractivity contribution in [2.45, 2.75) is 0 Å². The third-order valence-electron chi connectivity index (χ3n) is 1.60. The average Bonchev–Trinajstić information content (AvgIpc) is 2.06. The highest BCUT2D eigenvalue weighted by atomic mass is 14.8. The van der Waals surface area contributed by atoms with Crippen LogP contribution < -0.4 is 10.6 Å². The van der Waals surface area contributed by atoms with Gasteiger partial charge in [0.25, 0.3) is 0 Å². The van der Waals surface area contributed by atoms with Gasteiger partial charge in [-0.05, 0) is 12.1 Å². The van der Waals surface area contributed by atoms with Gasteiger partial charge in [0.15, 0.2) is 6.34 Å². The van der Waals surface area contributed by atoms with Crippen molar-refractivity contribution in [3.8, 4) is 0 Å². The van der Waals surface area contributed by atoms with Crippen molar-refractivity contribution in [1.82, 2.24) is 0 Å². The molecule has 2 heteroatoms. The maximum atomic E-state index is 4.05. The molecule has 0 aliphatic carbocycles. The van der Waals surface area contributed by atoms with Crippen LogP contribution in [0.5, 0.6) is 0 Å². The Hall–Kier alpha value is -1.70. The van der Waals surface area contributed by atoms with E-state index in [9.17, 15) is 0 Å². The van der Waals surface area contributed by atoms with Crippen LogP contribution in [0.25, 0.3) is 6.08 Å². The summed E-state index contributed by atoms with van der Waals surface area (Å²) in [6.07, 6.45) is 8.10. The van der Waals surface area contributed by atoms with Gasteiger partial charge in [0.05, 0.1) is 5.36 Å². The highest BCUT2D eigenvalue weighted by Crippen LogP contribution is 1.79. The molecule has 0 spiro atoms. The summed E-state index contributed by atoms with van der Waals surface area (Å²) in [5, 5.41) is 2.00. The average molecular weight is 155 g/mol. The maximum Gasteiger partial charge on any atom is 0.198 e. The van der Waals surface area contributed by atoms with Gasteiger partial charge in [0.1, 0.15) is 0 Å². The smallest absolute Gasteiger partial charge is 0.198 e. The van der Waals surface area contributed by atoms with Gasteiger partial charge in [-0.1, -0.05) is 24.3 Å². The first kappa shape index (κ1) is 6.98. The molecule has 0 saturated carbocycles. The largest absolute Gasteiger partial charge is 0.234 e. The molecule has 0 N–H and O–H groups in total. The zero-order chi connectivity index (χ0) is 8.23. The lowest BCUT2D eigenvalue weighted by Gasteiger charge is -1.87. The third-order valence-corrected chi connectivity index (χ3v) is 1.60. The number of allylic oxidation sites excluding steroid dienone is 1. The molecule has 1 aliphatic rings. The summed E-state index contributed by atoms with van der Waals surface area (Å²) < 4.78 is 0. The number of hydrogen-bond acceptors (Lipinski definition) is 2. The number of benzene rings is 1. The van der Waals surface area contributed by atoms with Crippen LogP contribution in [0.15, 0.2) is 46.5 Å². The molecule has 1 radical (unpaired) electrons. The first-order valence-corrected chi connectivity index (χ1v) is 3.71. The Labute approximate surface area is 70.3 Å². The molecule has 1 aromatic carbocycles. The lowest BCUT2D eigenvalue weighted by atomic mass is 10.2. The SMILES string of the molecule is [C]1=NC=CC=c2ccccc2=N1. The van der Waals surface area contributed by atoms with Gasteiger partial charge in [-0.2, -0.15) is 0 Å². The number of nitrogens with zero attached hydrogens (tertiary/aromatic N) is 2. The third kappa shape index (κ3) is 1.32. The fourth-order valence-corrected chi connectivity index (χ4v) is 1.04. The zero-order valence-corrected chi connectivity index (χ0v) is 6.44. The number of rotatable bonds is 0. The minimum absolute atomic E-state index is 0.908. The van der Waals surface area contributed by atoms with Crippen LogP contribution in [-0.4, -0.2) is 6.34 Å². The molecule has 1 aliphatic heterocycles. The molecule has 0 unspecified atom stereocenters. The summed E-state index contributed by atoms with van der Waals surface area (Å²) in [5.74, 6) is 0. The number of para-hydroxylation sites is 1. The molecule has 1 heterocycles. The molecule has 57 valence electrons. The van der Waals surface area contributed by atoms with E-state index in [2.05, 4.69) is 16.3 Å². The van der Waals surface area contributed by atoms with Crippen LogP contribution >= 0.6 is 0 Å². The topological polar surface area (TPSA) is 24.7 Å². The number of hydrogen-bond donors (Lipinski definition) is 0. The summed E-state index contributed by atoms with van der Waals surface area (Å²) in [4.78, 5) is 7.85. The number of aliphatic imine (C=N–C) groups is 1. The minimum atomic E-state index is 0.908. The van der Waals surface area contributed by atoms with Gasteiger partial charge < -0.3 is 0 Å². The van der Waals surface area contributed by atoms with E-state index in [-0.39, 0.29) is 0 Å². The van der Waals surface area contributed by atoms with Crippen molar-refractivity contribution in [2.24, 2.45) is 9.98 Å². The van der Waals surface area contributed by atoms with E-state index >= 15 is 0 Å². The molecular weight excluding hydrogens is 148 g/mol. The van der Waals surface area contributed by atoms with Gasteiger partial charge in [0.2, 0.25) is 0 Å². The predicted molar refractivity (Wildman–Crippen MR) is 48.3 cm³/mol. The Morgan fingerprint density at radius 1 is 1.17 bits per heavy atom. The molecule has 0 atom stereocenters. The number of fused-ring (bicyclic) bond motifs is 1. The standard InChI is InChI=1S/C10H7N2/c1-2-6-10-9(4-1)5-3-7-11-8-12-10/h1-7H. The van der Waals surface area contributed by atoms with E-state index in [1.165, 1.54) is 0 Å². The normalized spacial score (nSPS) is 13.7. The predicted octanol–water partition coefficient (Wildman–Crippen LogP) is 0.519. The molecule has 2 rings (SSSR count). The summed E-state index contributed by atoms with van der Waals surface area (Å²) in [6.45, 7) is 0. The van der Waals surface area contributed by atoms with E-state index in [0.717, 1.165) is 10.6 Å². The molecule has 0 bridgehead atoms. The Morgan fingerprint density at radius 2 is 2.08 bits per heavy atom. The van der Waals surface area contributed by atoms with Crippen LogP contribution in [-0.2, 0) is 0 Å². The summed E-state index contributed by atoms with van der Waals surface area (Å²) in [6, 6.07) is 7.88. The zero-order valence-electron chi connectivity index (χ0n) is 6.44. The second-order valence-electron chi connectivity index (χ2n) is 2.41. The van der Waals surface area contributed by atoms with E-state index in [4.69, 9.17) is 0 Å². The van der Waals surface area contributed by atoms with Gasteiger partial charge in [-0.3, -0.25) is 0 Å². The molecule has 12 heavy (non-hydrogen) atoms. The monoisotopic (exact) mass is 155 g/mol. The molecule has 0 aromatic heterocycles. The van der Waals surface area contributed by atoms with Crippen molar-refractivity contribution in [1.29, 1.82) is 0 Å². The first-order chi connectivity index (χ1) is 5.97. The van der Waals surface area contributed by atoms with Crippen molar-refractivity contribution < 1.29 is 0 Å². The van der Waals surface area contributed by atoms with E-state index in [0.29, 0.717) is 0 Å². The molecule has 2 nitrogen and oxygen atoms in total. The molecule has 0 saturated heterocycles. The lowest BCUT2D eigenvalue weighted by molar-refractivity contribution is 1.35. The van der Waals surface area contributed by atoms with E-state index in [1.54, 1.807) is 6.20 Å². The Bertz CT molecular complexity index is 398. The van der Waals surface area contributed by atoms with Gasteiger partial charge >= 0.3 is 0 Å². The molecule has 0 fully saturated rings. The summed E-state index contributed by atoms with van der Waals surface area (Å²) >= 11 is 0. The van der Waals surface area contributed by atoms with E-state index < -0.39 is 0 Å². The summed E-state index contributed by atoms with van der Waals surface area (Å²) in [7, 11) is 0. The molecule has 0 amide bonds. The van der Waals surface area contributed by atoms with Crippen LogP contribution in [0.1, 0.15) is 0 Å². The van der Waals surface area contributed by atoms with Crippen molar-refractivity contribution >= 4 is 12.4 Å². The Morgan fingerprint density at radius 3 is 3.08 bits per heavy atom. The fourth-order valence-electron chi connectivity index (χ4n) is 1.04. The van der Waals surface area contributed by atoms with Crippen LogP contribution in [0, 0.1) is 0 Å². The Kier molecular flexibility index (Phi) is 1.82. The van der Waals surface area contributed by atoms with Crippen molar-refractivity contribution in [2.75, 3.05) is 0 Å². The molecule has 1 aromatic rings. The fraction of sp³-hybridized carbons (Fsp3) is 0. The Balaban J connectivity index is 2.80. The minimum Gasteiger partial charge on any atom is -0.234 e. The maximum absolute atomic E-state index is 4.05. The molecular formula is C10H7N2.